The number of nitrogens with one attached hydrogen (secondary N) is 1. The molecule has 1 rings (SSSR count). The van der Waals surface area contributed by atoms with Crippen LogP contribution in [0.3, 0.4) is 0 Å². The fourth-order valence-electron chi connectivity index (χ4n) is 0.773. The van der Waals surface area contributed by atoms with Gasteiger partial charge in [-0.1, -0.05) is 6.58 Å². The lowest BCUT2D eigenvalue weighted by Crippen LogP contribution is -2.11. The summed E-state index contributed by atoms with van der Waals surface area (Å²) in [7, 11) is 0. The predicted octanol–water partition coefficient (Wildman–Crippen LogP) is 3.01. The van der Waals surface area contributed by atoms with Crippen molar-refractivity contribution in [3.8, 4) is 0 Å². The number of anilines is 1. The molecule has 0 aliphatic carbocycles. The fraction of sp³-hybridized carbons (Fsp3) is 0. The summed E-state index contributed by atoms with van der Waals surface area (Å²) in [6.45, 7) is 2.81. The van der Waals surface area contributed by atoms with E-state index in [0.717, 1.165) is 6.07 Å². The Labute approximate surface area is 87.7 Å². The molecule has 1 aromatic carbocycles. The monoisotopic (exact) mass is 261 g/mol. The van der Waals surface area contributed by atoms with Crippen LogP contribution in [0.5, 0.6) is 0 Å². The lowest BCUT2D eigenvalue weighted by atomic mass is 10.3. The zero-order chi connectivity index (χ0) is 10.7. The van der Waals surface area contributed by atoms with Crippen molar-refractivity contribution in [3.63, 3.8) is 0 Å². The Morgan fingerprint density at radius 1 is 1.50 bits per heavy atom. The minimum absolute atomic E-state index is 0.175. The van der Waals surface area contributed by atoms with Gasteiger partial charge in [-0.2, -0.15) is 0 Å². The molecular weight excluding hydrogens is 256 g/mol. The van der Waals surface area contributed by atoms with E-state index < -0.39 is 17.6 Å². The van der Waals surface area contributed by atoms with Crippen molar-refractivity contribution in [1.82, 2.24) is 0 Å². The summed E-state index contributed by atoms with van der Waals surface area (Å²) >= 11 is 2.95. The van der Waals surface area contributed by atoms with Gasteiger partial charge in [0.2, 0.25) is 0 Å². The van der Waals surface area contributed by atoms with E-state index in [1.165, 1.54) is 12.1 Å². The summed E-state index contributed by atoms with van der Waals surface area (Å²) in [5.41, 5.74) is 0.175. The largest absolute Gasteiger partial charge is 0.320 e. The molecule has 1 N–H and O–H groups in total. The second-order valence-corrected chi connectivity index (χ2v) is 3.34. The van der Waals surface area contributed by atoms with Crippen LogP contribution in [0.25, 0.3) is 0 Å². The van der Waals surface area contributed by atoms with Gasteiger partial charge in [-0.05, 0) is 34.1 Å². The molecule has 5 heteroatoms. The summed E-state index contributed by atoms with van der Waals surface area (Å²) in [6, 6.07) is 3.92. The predicted molar refractivity (Wildman–Crippen MR) is 53.0 cm³/mol. The van der Waals surface area contributed by atoms with Crippen molar-refractivity contribution in [2.45, 2.75) is 0 Å². The quantitative estimate of drug-likeness (QED) is 0.815. The Bertz CT molecular complexity index is 392. The van der Waals surface area contributed by atoms with Crippen molar-refractivity contribution < 1.29 is 13.6 Å². The number of halogens is 3. The topological polar surface area (TPSA) is 29.1 Å². The van der Waals surface area contributed by atoms with E-state index in [2.05, 4.69) is 27.8 Å². The number of carbonyl (C=O) groups is 1. The van der Waals surface area contributed by atoms with Crippen LogP contribution in [-0.2, 0) is 4.79 Å². The second-order valence-electron chi connectivity index (χ2n) is 2.49. The maximum Gasteiger partial charge on any atom is 0.283 e. The van der Waals surface area contributed by atoms with Crippen LogP contribution in [0.1, 0.15) is 0 Å². The molecule has 0 aliphatic heterocycles. The van der Waals surface area contributed by atoms with Gasteiger partial charge in [0.25, 0.3) is 5.91 Å². The maximum atomic E-state index is 12.9. The fourth-order valence-corrected chi connectivity index (χ4v) is 1.02. The summed E-state index contributed by atoms with van der Waals surface area (Å²) in [4.78, 5) is 10.8. The van der Waals surface area contributed by atoms with Crippen LogP contribution in [0, 0.1) is 5.82 Å². The van der Waals surface area contributed by atoms with E-state index in [1.54, 1.807) is 0 Å². The molecule has 0 fully saturated rings. The summed E-state index contributed by atoms with van der Waals surface area (Å²) < 4.78 is 25.4. The molecule has 0 radical (unpaired) electrons. The third kappa shape index (κ3) is 2.63. The van der Waals surface area contributed by atoms with Gasteiger partial charge in [0.15, 0.2) is 5.83 Å². The molecule has 0 atom stereocenters. The van der Waals surface area contributed by atoms with Crippen molar-refractivity contribution in [1.29, 1.82) is 0 Å². The summed E-state index contributed by atoms with van der Waals surface area (Å²) in [6.07, 6.45) is 0. The van der Waals surface area contributed by atoms with E-state index in [9.17, 15) is 13.6 Å². The Morgan fingerprint density at radius 2 is 2.14 bits per heavy atom. The number of amides is 1. The molecule has 0 bridgehead atoms. The molecule has 0 saturated carbocycles. The van der Waals surface area contributed by atoms with Crippen LogP contribution in [-0.4, -0.2) is 5.91 Å². The smallest absolute Gasteiger partial charge is 0.283 e. The van der Waals surface area contributed by atoms with Crippen LogP contribution >= 0.6 is 15.9 Å². The van der Waals surface area contributed by atoms with Gasteiger partial charge in [-0.25, -0.2) is 8.78 Å². The van der Waals surface area contributed by atoms with E-state index in [-0.39, 0.29) is 10.2 Å². The minimum Gasteiger partial charge on any atom is -0.320 e. The highest BCUT2D eigenvalue weighted by Crippen LogP contribution is 2.19. The molecule has 14 heavy (non-hydrogen) atoms. The van der Waals surface area contributed by atoms with Crippen molar-refractivity contribution >= 4 is 27.5 Å². The molecule has 0 saturated heterocycles. The van der Waals surface area contributed by atoms with Gasteiger partial charge in [0.1, 0.15) is 5.82 Å². The zero-order valence-electron chi connectivity index (χ0n) is 6.98. The van der Waals surface area contributed by atoms with Gasteiger partial charge >= 0.3 is 0 Å². The lowest BCUT2D eigenvalue weighted by molar-refractivity contribution is -0.114. The molecular formula is C9H6BrF2NO. The Balaban J connectivity index is 2.83. The molecule has 0 spiro atoms. The van der Waals surface area contributed by atoms with Gasteiger partial charge in [-0.15, -0.1) is 0 Å². The van der Waals surface area contributed by atoms with Gasteiger partial charge < -0.3 is 5.32 Å². The average molecular weight is 262 g/mol. The first-order valence-corrected chi connectivity index (χ1v) is 4.41. The van der Waals surface area contributed by atoms with E-state index in [4.69, 9.17) is 0 Å². The number of hydrogen-bond donors (Lipinski definition) is 1. The second kappa shape index (κ2) is 4.32. The Hall–Kier alpha value is -1.23. The number of carbonyl (C=O) groups excluding carboxylic acids is 1. The first kappa shape index (κ1) is 10.8. The molecule has 1 amide bonds. The molecule has 0 heterocycles. The molecule has 0 aliphatic rings. The van der Waals surface area contributed by atoms with Crippen LogP contribution in [0.2, 0.25) is 0 Å². The van der Waals surface area contributed by atoms with Crippen LogP contribution in [0.15, 0.2) is 35.1 Å². The maximum absolute atomic E-state index is 12.9. The molecule has 1 aromatic rings. The third-order valence-corrected chi connectivity index (χ3v) is 2.07. The highest BCUT2D eigenvalue weighted by molar-refractivity contribution is 9.10. The molecule has 0 unspecified atom stereocenters. The number of benzene rings is 1. The third-order valence-electron chi connectivity index (χ3n) is 1.42. The van der Waals surface area contributed by atoms with Crippen LogP contribution < -0.4 is 5.32 Å². The Morgan fingerprint density at radius 3 is 2.64 bits per heavy atom. The van der Waals surface area contributed by atoms with Gasteiger partial charge in [0, 0.05) is 5.69 Å². The Kier molecular flexibility index (Phi) is 3.35. The van der Waals surface area contributed by atoms with E-state index in [0.29, 0.717) is 0 Å². The number of hydrogen-bond acceptors (Lipinski definition) is 1. The molecule has 2 nitrogen and oxygen atoms in total. The van der Waals surface area contributed by atoms with E-state index in [1.807, 2.05) is 0 Å². The van der Waals surface area contributed by atoms with Crippen LogP contribution in [0.4, 0.5) is 14.5 Å². The zero-order valence-corrected chi connectivity index (χ0v) is 8.57. The van der Waals surface area contributed by atoms with Gasteiger partial charge in [-0.3, -0.25) is 4.79 Å². The standard InChI is InChI=1S/C9H6BrF2NO/c1-5(11)9(14)13-6-2-3-7(10)8(12)4-6/h2-4H,1H2,(H,13,14). The first-order chi connectivity index (χ1) is 6.50. The lowest BCUT2D eigenvalue weighted by Gasteiger charge is -2.03. The summed E-state index contributed by atoms with van der Waals surface area (Å²) in [5.74, 6) is -2.63. The summed E-state index contributed by atoms with van der Waals surface area (Å²) in [5, 5.41) is 2.14. The highest BCUT2D eigenvalue weighted by atomic mass is 79.9. The average Bonchev–Trinajstić information content (AvgIpc) is 2.11. The first-order valence-electron chi connectivity index (χ1n) is 3.61. The van der Waals surface area contributed by atoms with Gasteiger partial charge in [0.05, 0.1) is 4.47 Å². The molecule has 74 valence electrons. The van der Waals surface area contributed by atoms with Crippen molar-refractivity contribution in [3.05, 3.63) is 40.9 Å². The SMILES string of the molecule is C=C(F)C(=O)Nc1ccc(Br)c(F)c1. The molecule has 0 aromatic heterocycles. The van der Waals surface area contributed by atoms with E-state index >= 15 is 0 Å². The van der Waals surface area contributed by atoms with Crippen molar-refractivity contribution in [2.24, 2.45) is 0 Å². The minimum atomic E-state index is -1.12. The number of rotatable bonds is 2. The highest BCUT2D eigenvalue weighted by Gasteiger charge is 2.07. The van der Waals surface area contributed by atoms with Crippen molar-refractivity contribution in [2.75, 3.05) is 5.32 Å². The normalized spacial score (nSPS) is 9.64.